The van der Waals surface area contributed by atoms with Crippen molar-refractivity contribution in [1.29, 1.82) is 0 Å². The number of carbonyl (C=O) groups excluding carboxylic acids is 1. The van der Waals surface area contributed by atoms with E-state index in [1.165, 1.54) is 44.3 Å². The van der Waals surface area contributed by atoms with Crippen molar-refractivity contribution in [3.8, 4) is 0 Å². The molecule has 3 rings (SSSR count). The van der Waals surface area contributed by atoms with Crippen molar-refractivity contribution in [3.63, 3.8) is 0 Å². The first-order valence-corrected chi connectivity index (χ1v) is 9.80. The molecule has 0 amide bonds. The molecule has 0 aliphatic carbocycles. The number of aryl methyl sites for hydroxylation is 1. The number of nitrogens with zero attached hydrogens (tertiary/aromatic N) is 1. The van der Waals surface area contributed by atoms with E-state index in [0.29, 0.717) is 12.2 Å². The molecule has 3 heteroatoms. The summed E-state index contributed by atoms with van der Waals surface area (Å²) in [4.78, 5) is 14.4. The van der Waals surface area contributed by atoms with Gasteiger partial charge < -0.3 is 9.64 Å². The molecule has 1 aliphatic heterocycles. The van der Waals surface area contributed by atoms with Crippen LogP contribution < -0.4 is 0 Å². The van der Waals surface area contributed by atoms with Gasteiger partial charge in [0.1, 0.15) is 0 Å². The number of esters is 1. The Morgan fingerprint density at radius 3 is 2.31 bits per heavy atom. The zero-order valence-electron chi connectivity index (χ0n) is 15.5. The fourth-order valence-electron chi connectivity index (χ4n) is 3.62. The Kier molecular flexibility index (Phi) is 7.26. The number of piperidine rings is 1. The molecule has 138 valence electrons. The van der Waals surface area contributed by atoms with E-state index in [4.69, 9.17) is 4.74 Å². The molecule has 0 N–H and O–H groups in total. The topological polar surface area (TPSA) is 29.5 Å². The van der Waals surface area contributed by atoms with Crippen molar-refractivity contribution in [2.45, 2.75) is 32.1 Å². The number of benzene rings is 2. The molecule has 0 radical (unpaired) electrons. The highest BCUT2D eigenvalue weighted by Crippen LogP contribution is 2.22. The standard InChI is InChI=1S/C23H29NO2/c25-23(22-10-5-2-6-11-22)26-19-7-16-24-17-14-21(15-18-24)13-12-20-8-3-1-4-9-20/h1-6,8-11,21H,7,12-19H2. The first-order chi connectivity index (χ1) is 12.8. The van der Waals surface area contributed by atoms with Crippen LogP contribution in [0.15, 0.2) is 60.7 Å². The first kappa shape index (κ1) is 18.7. The Morgan fingerprint density at radius 2 is 1.62 bits per heavy atom. The minimum Gasteiger partial charge on any atom is -0.462 e. The van der Waals surface area contributed by atoms with Gasteiger partial charge in [0, 0.05) is 6.54 Å². The SMILES string of the molecule is O=C(OCCCN1CCC(CCc2ccccc2)CC1)c1ccccc1. The maximum atomic E-state index is 11.9. The molecule has 1 aliphatic rings. The fraction of sp³-hybridized carbons (Fsp3) is 0.435. The number of hydrogen-bond donors (Lipinski definition) is 0. The van der Waals surface area contributed by atoms with Crippen molar-refractivity contribution in [2.75, 3.05) is 26.2 Å². The molecule has 2 aromatic rings. The maximum Gasteiger partial charge on any atom is 0.338 e. The van der Waals surface area contributed by atoms with Crippen LogP contribution in [-0.2, 0) is 11.2 Å². The summed E-state index contributed by atoms with van der Waals surface area (Å²) in [6.45, 7) is 3.87. The average Bonchev–Trinajstić information content (AvgIpc) is 2.72. The van der Waals surface area contributed by atoms with E-state index in [1.54, 1.807) is 12.1 Å². The summed E-state index contributed by atoms with van der Waals surface area (Å²) < 4.78 is 5.36. The van der Waals surface area contributed by atoms with E-state index >= 15 is 0 Å². The molecule has 0 unspecified atom stereocenters. The second kappa shape index (κ2) is 10.1. The lowest BCUT2D eigenvalue weighted by atomic mass is 9.90. The van der Waals surface area contributed by atoms with Gasteiger partial charge in [-0.3, -0.25) is 0 Å². The van der Waals surface area contributed by atoms with Crippen molar-refractivity contribution < 1.29 is 9.53 Å². The first-order valence-electron chi connectivity index (χ1n) is 9.80. The van der Waals surface area contributed by atoms with Crippen LogP contribution in [0.25, 0.3) is 0 Å². The van der Waals surface area contributed by atoms with E-state index in [-0.39, 0.29) is 5.97 Å². The molecule has 0 bridgehead atoms. The number of carbonyl (C=O) groups is 1. The van der Waals surface area contributed by atoms with Gasteiger partial charge in [-0.2, -0.15) is 0 Å². The highest BCUT2D eigenvalue weighted by atomic mass is 16.5. The van der Waals surface area contributed by atoms with Crippen LogP contribution in [0, 0.1) is 5.92 Å². The summed E-state index contributed by atoms with van der Waals surface area (Å²) in [7, 11) is 0. The summed E-state index contributed by atoms with van der Waals surface area (Å²) in [6, 6.07) is 20.0. The van der Waals surface area contributed by atoms with Gasteiger partial charge in [-0.15, -0.1) is 0 Å². The normalized spacial score (nSPS) is 15.7. The van der Waals surface area contributed by atoms with Crippen molar-refractivity contribution in [1.82, 2.24) is 4.90 Å². The quantitative estimate of drug-likeness (QED) is 0.515. The molecular weight excluding hydrogens is 322 g/mol. The number of ether oxygens (including phenoxy) is 1. The van der Waals surface area contributed by atoms with Crippen molar-refractivity contribution in [3.05, 3.63) is 71.8 Å². The Labute approximate surface area is 157 Å². The Morgan fingerprint density at radius 1 is 0.962 bits per heavy atom. The van der Waals surface area contributed by atoms with Crippen LogP contribution in [0.1, 0.15) is 41.6 Å². The maximum absolute atomic E-state index is 11.9. The number of likely N-dealkylation sites (tertiary alicyclic amines) is 1. The summed E-state index contributed by atoms with van der Waals surface area (Å²) in [5, 5.41) is 0. The second-order valence-electron chi connectivity index (χ2n) is 7.16. The van der Waals surface area contributed by atoms with Gasteiger partial charge in [0.2, 0.25) is 0 Å². The minimum atomic E-state index is -0.217. The molecule has 3 nitrogen and oxygen atoms in total. The smallest absolute Gasteiger partial charge is 0.338 e. The molecule has 0 saturated carbocycles. The van der Waals surface area contributed by atoms with Gasteiger partial charge in [-0.1, -0.05) is 48.5 Å². The summed E-state index contributed by atoms with van der Waals surface area (Å²) in [5.74, 6) is 0.632. The highest BCUT2D eigenvalue weighted by molar-refractivity contribution is 5.89. The molecule has 1 heterocycles. The lowest BCUT2D eigenvalue weighted by Crippen LogP contribution is -2.35. The highest BCUT2D eigenvalue weighted by Gasteiger charge is 2.18. The van der Waals surface area contributed by atoms with E-state index in [0.717, 1.165) is 18.9 Å². The van der Waals surface area contributed by atoms with E-state index < -0.39 is 0 Å². The lowest BCUT2D eigenvalue weighted by molar-refractivity contribution is 0.0482. The van der Waals surface area contributed by atoms with Crippen LogP contribution in [0.4, 0.5) is 0 Å². The molecule has 0 spiro atoms. The van der Waals surface area contributed by atoms with Gasteiger partial charge in [0.05, 0.1) is 12.2 Å². The van der Waals surface area contributed by atoms with Crippen LogP contribution in [-0.4, -0.2) is 37.1 Å². The van der Waals surface area contributed by atoms with E-state index in [9.17, 15) is 4.79 Å². The van der Waals surface area contributed by atoms with Gasteiger partial charge in [0.25, 0.3) is 0 Å². The van der Waals surface area contributed by atoms with Crippen LogP contribution >= 0.6 is 0 Å². The van der Waals surface area contributed by atoms with Crippen LogP contribution in [0.3, 0.4) is 0 Å². The third-order valence-corrected chi connectivity index (χ3v) is 5.25. The molecular formula is C23H29NO2. The predicted molar refractivity (Wildman–Crippen MR) is 105 cm³/mol. The Hall–Kier alpha value is -2.13. The molecule has 1 saturated heterocycles. The predicted octanol–water partition coefficient (Wildman–Crippen LogP) is 4.58. The Balaban J connectivity index is 1.27. The van der Waals surface area contributed by atoms with E-state index in [1.807, 2.05) is 18.2 Å². The largest absolute Gasteiger partial charge is 0.462 e. The summed E-state index contributed by atoms with van der Waals surface area (Å²) in [6.07, 6.45) is 5.98. The molecule has 0 aromatic heterocycles. The van der Waals surface area contributed by atoms with Gasteiger partial charge in [0.15, 0.2) is 0 Å². The fourth-order valence-corrected chi connectivity index (χ4v) is 3.62. The van der Waals surface area contributed by atoms with E-state index in [2.05, 4.69) is 35.2 Å². The van der Waals surface area contributed by atoms with Crippen LogP contribution in [0.2, 0.25) is 0 Å². The second-order valence-corrected chi connectivity index (χ2v) is 7.16. The van der Waals surface area contributed by atoms with Crippen molar-refractivity contribution >= 4 is 5.97 Å². The van der Waals surface area contributed by atoms with Crippen molar-refractivity contribution in [2.24, 2.45) is 5.92 Å². The van der Waals surface area contributed by atoms with Crippen LogP contribution in [0.5, 0.6) is 0 Å². The third-order valence-electron chi connectivity index (χ3n) is 5.25. The molecule has 26 heavy (non-hydrogen) atoms. The molecule has 1 fully saturated rings. The Bertz CT molecular complexity index is 648. The molecule has 0 atom stereocenters. The molecule has 2 aromatic carbocycles. The average molecular weight is 351 g/mol. The van der Waals surface area contributed by atoms with Gasteiger partial charge >= 0.3 is 5.97 Å². The minimum absolute atomic E-state index is 0.217. The van der Waals surface area contributed by atoms with Gasteiger partial charge in [-0.05, 0) is 68.8 Å². The lowest BCUT2D eigenvalue weighted by Gasteiger charge is -2.32. The van der Waals surface area contributed by atoms with Gasteiger partial charge in [-0.25, -0.2) is 4.79 Å². The monoisotopic (exact) mass is 351 g/mol. The summed E-state index contributed by atoms with van der Waals surface area (Å²) in [5.41, 5.74) is 2.09. The third kappa shape index (κ3) is 5.99. The zero-order chi connectivity index (χ0) is 18.0. The number of rotatable bonds is 8. The number of hydrogen-bond acceptors (Lipinski definition) is 3. The summed E-state index contributed by atoms with van der Waals surface area (Å²) >= 11 is 0. The zero-order valence-corrected chi connectivity index (χ0v) is 15.5.